The number of aryl methyl sites for hydroxylation is 2. The van der Waals surface area contributed by atoms with E-state index in [-0.39, 0.29) is 17.1 Å². The lowest BCUT2D eigenvalue weighted by Gasteiger charge is -2.20. The molecule has 2 aromatic carbocycles. The van der Waals surface area contributed by atoms with Crippen LogP contribution in [-0.2, 0) is 4.74 Å². The number of nitrogens with one attached hydrogen (secondary N) is 1. The first-order valence-electron chi connectivity index (χ1n) is 8.50. The van der Waals surface area contributed by atoms with Gasteiger partial charge in [0, 0.05) is 12.1 Å². The Morgan fingerprint density at radius 2 is 1.74 bits per heavy atom. The molecule has 7 nitrogen and oxygen atoms in total. The average molecular weight is 372 g/mol. The minimum absolute atomic E-state index is 0.194. The summed E-state index contributed by atoms with van der Waals surface area (Å²) in [6, 6.07) is 7.99. The molecule has 144 valence electrons. The largest absolute Gasteiger partial charge is 0.457 e. The van der Waals surface area contributed by atoms with Gasteiger partial charge in [0.15, 0.2) is 0 Å². The van der Waals surface area contributed by atoms with Crippen LogP contribution in [0.2, 0.25) is 0 Å². The van der Waals surface area contributed by atoms with Crippen molar-refractivity contribution in [1.29, 1.82) is 0 Å². The molecule has 0 saturated carbocycles. The van der Waals surface area contributed by atoms with Crippen molar-refractivity contribution in [2.75, 3.05) is 5.32 Å². The molecule has 0 aliphatic heterocycles. The summed E-state index contributed by atoms with van der Waals surface area (Å²) in [4.78, 5) is 22.7. The van der Waals surface area contributed by atoms with E-state index in [0.29, 0.717) is 5.75 Å². The summed E-state index contributed by atoms with van der Waals surface area (Å²) in [5.74, 6) is 0.861. The number of nitro benzene ring substituents is 1. The van der Waals surface area contributed by atoms with Crippen LogP contribution in [0.25, 0.3) is 0 Å². The fourth-order valence-corrected chi connectivity index (χ4v) is 2.48. The number of nitrogens with zero attached hydrogens (tertiary/aromatic N) is 1. The zero-order valence-corrected chi connectivity index (χ0v) is 16.4. The lowest BCUT2D eigenvalue weighted by atomic mass is 10.1. The molecule has 1 N–H and O–H groups in total. The Kier molecular flexibility index (Phi) is 5.73. The molecule has 0 fully saturated rings. The highest BCUT2D eigenvalue weighted by atomic mass is 16.6. The van der Waals surface area contributed by atoms with Crippen LogP contribution in [0.3, 0.4) is 0 Å². The number of carbonyl (C=O) groups excluding carboxylic acids is 1. The third-order valence-electron chi connectivity index (χ3n) is 3.74. The van der Waals surface area contributed by atoms with E-state index in [0.717, 1.165) is 16.7 Å². The van der Waals surface area contributed by atoms with E-state index >= 15 is 0 Å². The number of benzene rings is 2. The van der Waals surface area contributed by atoms with Crippen molar-refractivity contribution in [1.82, 2.24) is 0 Å². The lowest BCUT2D eigenvalue weighted by Crippen LogP contribution is -2.27. The highest BCUT2D eigenvalue weighted by Crippen LogP contribution is 2.33. The molecule has 0 spiro atoms. The molecule has 0 bridgehead atoms. The smallest absolute Gasteiger partial charge is 0.412 e. The average Bonchev–Trinajstić information content (AvgIpc) is 2.49. The molecule has 0 aliphatic rings. The number of ether oxygens (including phenoxy) is 2. The molecule has 7 heteroatoms. The van der Waals surface area contributed by atoms with Gasteiger partial charge >= 0.3 is 6.09 Å². The van der Waals surface area contributed by atoms with Crippen molar-refractivity contribution in [3.05, 3.63) is 57.1 Å². The third-order valence-corrected chi connectivity index (χ3v) is 3.74. The van der Waals surface area contributed by atoms with Crippen molar-refractivity contribution < 1.29 is 19.2 Å². The first-order chi connectivity index (χ1) is 12.4. The van der Waals surface area contributed by atoms with Gasteiger partial charge in [0.1, 0.15) is 17.1 Å². The van der Waals surface area contributed by atoms with Crippen LogP contribution in [0.15, 0.2) is 30.3 Å². The molecule has 2 aromatic rings. The first-order valence-corrected chi connectivity index (χ1v) is 8.50. The number of nitro groups is 1. The number of carbonyl (C=O) groups is 1. The summed E-state index contributed by atoms with van der Waals surface area (Å²) < 4.78 is 11.1. The van der Waals surface area contributed by atoms with E-state index in [2.05, 4.69) is 5.32 Å². The Labute approximate surface area is 158 Å². The number of hydrogen-bond acceptors (Lipinski definition) is 5. The van der Waals surface area contributed by atoms with Gasteiger partial charge in [-0.1, -0.05) is 6.07 Å². The SMILES string of the molecule is Cc1cc(C)c(C)c(Oc2cc(NC(=O)OC(C)(C)C)cc([N+](=O)[O-])c2)c1. The first kappa shape index (κ1) is 20.2. The molecule has 1 amide bonds. The minimum Gasteiger partial charge on any atom is -0.457 e. The highest BCUT2D eigenvalue weighted by Gasteiger charge is 2.18. The molecule has 0 unspecified atom stereocenters. The Morgan fingerprint density at radius 1 is 1.07 bits per heavy atom. The molecular weight excluding hydrogens is 348 g/mol. The molecule has 0 saturated heterocycles. The number of anilines is 1. The van der Waals surface area contributed by atoms with Crippen LogP contribution >= 0.6 is 0 Å². The van der Waals surface area contributed by atoms with E-state index < -0.39 is 16.6 Å². The maximum Gasteiger partial charge on any atom is 0.412 e. The molecule has 0 atom stereocenters. The highest BCUT2D eigenvalue weighted by molar-refractivity contribution is 5.85. The van der Waals surface area contributed by atoms with E-state index in [1.807, 2.05) is 32.9 Å². The predicted molar refractivity (Wildman–Crippen MR) is 104 cm³/mol. The summed E-state index contributed by atoms with van der Waals surface area (Å²) in [6.45, 7) is 11.0. The van der Waals surface area contributed by atoms with E-state index in [1.54, 1.807) is 20.8 Å². The summed E-state index contributed by atoms with van der Waals surface area (Å²) in [6.07, 6.45) is -0.698. The number of rotatable bonds is 4. The quantitative estimate of drug-likeness (QED) is 0.552. The van der Waals surface area contributed by atoms with Gasteiger partial charge in [-0.05, 0) is 64.3 Å². The Morgan fingerprint density at radius 3 is 2.33 bits per heavy atom. The molecule has 27 heavy (non-hydrogen) atoms. The summed E-state index contributed by atoms with van der Waals surface area (Å²) >= 11 is 0. The maximum absolute atomic E-state index is 12.0. The number of non-ortho nitro benzene ring substituents is 1. The van der Waals surface area contributed by atoms with Crippen molar-refractivity contribution in [3.8, 4) is 11.5 Å². The molecule has 0 aliphatic carbocycles. The van der Waals surface area contributed by atoms with Gasteiger partial charge < -0.3 is 9.47 Å². The fourth-order valence-electron chi connectivity index (χ4n) is 2.48. The second-order valence-corrected chi connectivity index (χ2v) is 7.41. The zero-order chi connectivity index (χ0) is 20.4. The molecule has 2 rings (SSSR count). The van der Waals surface area contributed by atoms with Crippen LogP contribution in [0, 0.1) is 30.9 Å². The van der Waals surface area contributed by atoms with Gasteiger partial charge in [0.05, 0.1) is 16.7 Å². The molecular formula is C20H24N2O5. The van der Waals surface area contributed by atoms with Crippen LogP contribution in [0.1, 0.15) is 37.5 Å². The summed E-state index contributed by atoms with van der Waals surface area (Å²) in [5, 5.41) is 13.8. The van der Waals surface area contributed by atoms with Gasteiger partial charge in [-0.15, -0.1) is 0 Å². The normalized spacial score (nSPS) is 11.0. The second kappa shape index (κ2) is 7.65. The lowest BCUT2D eigenvalue weighted by molar-refractivity contribution is -0.384. The molecule has 0 heterocycles. The Bertz CT molecular complexity index is 885. The van der Waals surface area contributed by atoms with Gasteiger partial charge in [-0.3, -0.25) is 15.4 Å². The van der Waals surface area contributed by atoms with Crippen LogP contribution in [0.4, 0.5) is 16.2 Å². The van der Waals surface area contributed by atoms with E-state index in [4.69, 9.17) is 9.47 Å². The van der Waals surface area contributed by atoms with Gasteiger partial charge in [-0.2, -0.15) is 0 Å². The summed E-state index contributed by atoms with van der Waals surface area (Å²) in [5.41, 5.74) is 2.36. The van der Waals surface area contributed by atoms with Crippen molar-refractivity contribution in [3.63, 3.8) is 0 Å². The van der Waals surface area contributed by atoms with Crippen LogP contribution in [-0.4, -0.2) is 16.6 Å². The zero-order valence-electron chi connectivity index (χ0n) is 16.4. The fraction of sp³-hybridized carbons (Fsp3) is 0.350. The van der Waals surface area contributed by atoms with E-state index in [1.165, 1.54) is 18.2 Å². The summed E-state index contributed by atoms with van der Waals surface area (Å²) in [7, 11) is 0. The van der Waals surface area contributed by atoms with Crippen molar-refractivity contribution in [2.24, 2.45) is 0 Å². The van der Waals surface area contributed by atoms with Crippen LogP contribution < -0.4 is 10.1 Å². The topological polar surface area (TPSA) is 90.7 Å². The van der Waals surface area contributed by atoms with Gasteiger partial charge in [0.25, 0.3) is 5.69 Å². The van der Waals surface area contributed by atoms with E-state index in [9.17, 15) is 14.9 Å². The Balaban J connectivity index is 2.36. The predicted octanol–water partition coefficient (Wildman–Crippen LogP) is 5.66. The van der Waals surface area contributed by atoms with Crippen molar-refractivity contribution in [2.45, 2.75) is 47.1 Å². The molecule has 0 aromatic heterocycles. The van der Waals surface area contributed by atoms with Crippen LogP contribution in [0.5, 0.6) is 11.5 Å². The number of amides is 1. The van der Waals surface area contributed by atoms with Gasteiger partial charge in [0.2, 0.25) is 0 Å². The van der Waals surface area contributed by atoms with Crippen molar-refractivity contribution >= 4 is 17.5 Å². The third kappa shape index (κ3) is 5.70. The minimum atomic E-state index is -0.698. The monoisotopic (exact) mass is 372 g/mol. The second-order valence-electron chi connectivity index (χ2n) is 7.41. The maximum atomic E-state index is 12.0. The standard InChI is InChI=1S/C20H24N2O5/c1-12-7-13(2)14(3)18(8-12)26-17-10-15(9-16(11-17)22(24)25)21-19(23)27-20(4,5)6/h7-11H,1-6H3,(H,21,23). The Hall–Kier alpha value is -3.09. The number of hydrogen-bond donors (Lipinski definition) is 1. The van der Waals surface area contributed by atoms with Gasteiger partial charge in [-0.25, -0.2) is 4.79 Å². The molecule has 0 radical (unpaired) electrons.